The Bertz CT molecular complexity index is 191. The van der Waals surface area contributed by atoms with Gasteiger partial charge < -0.3 is 5.11 Å². The van der Waals surface area contributed by atoms with Crippen LogP contribution < -0.4 is 0 Å². The van der Waals surface area contributed by atoms with E-state index < -0.39 is 5.60 Å². The first-order valence-corrected chi connectivity index (χ1v) is 4.92. The lowest BCUT2D eigenvalue weighted by atomic mass is 9.83. The molecule has 13 heavy (non-hydrogen) atoms. The van der Waals surface area contributed by atoms with E-state index in [2.05, 4.69) is 10.8 Å². The Labute approximate surface area is 80.9 Å². The monoisotopic (exact) mass is 181 g/mol. The van der Waals surface area contributed by atoms with Crippen molar-refractivity contribution in [2.24, 2.45) is 5.92 Å². The summed E-state index contributed by atoms with van der Waals surface area (Å²) in [5.41, 5.74) is -0.526. The molecule has 74 valence electrons. The Morgan fingerprint density at radius 1 is 1.46 bits per heavy atom. The fourth-order valence-corrected chi connectivity index (χ4v) is 1.93. The second-order valence-electron chi connectivity index (χ2n) is 4.41. The van der Waals surface area contributed by atoms with Gasteiger partial charge in [0.25, 0.3) is 0 Å². The fourth-order valence-electron chi connectivity index (χ4n) is 1.93. The van der Waals surface area contributed by atoms with Gasteiger partial charge in [0.15, 0.2) is 0 Å². The summed E-state index contributed by atoms with van der Waals surface area (Å²) in [4.78, 5) is 2.27. The van der Waals surface area contributed by atoms with Crippen molar-refractivity contribution in [3.63, 3.8) is 0 Å². The Kier molecular flexibility index (Phi) is 3.35. The van der Waals surface area contributed by atoms with Crippen molar-refractivity contribution in [3.05, 3.63) is 0 Å². The standard InChI is InChI=1S/C11H19NO/c1-4-7-12-8-5-10(6-9-12)11(2,3)13/h1,10,13H,5-9H2,2-3H3. The van der Waals surface area contributed by atoms with Crippen LogP contribution in [0.2, 0.25) is 0 Å². The fraction of sp³-hybridized carbons (Fsp3) is 0.818. The van der Waals surface area contributed by atoms with Crippen molar-refractivity contribution in [3.8, 4) is 12.3 Å². The number of hydrogen-bond acceptors (Lipinski definition) is 2. The van der Waals surface area contributed by atoms with Gasteiger partial charge in [0.05, 0.1) is 12.1 Å². The van der Waals surface area contributed by atoms with Crippen molar-refractivity contribution < 1.29 is 5.11 Å². The van der Waals surface area contributed by atoms with Crippen LogP contribution >= 0.6 is 0 Å². The van der Waals surface area contributed by atoms with Gasteiger partial charge in [0.2, 0.25) is 0 Å². The minimum atomic E-state index is -0.526. The van der Waals surface area contributed by atoms with Gasteiger partial charge in [-0.15, -0.1) is 6.42 Å². The lowest BCUT2D eigenvalue weighted by molar-refractivity contribution is -0.0108. The molecule has 0 unspecified atom stereocenters. The van der Waals surface area contributed by atoms with Crippen molar-refractivity contribution in [1.29, 1.82) is 0 Å². The molecule has 0 aromatic carbocycles. The molecule has 0 amide bonds. The first kappa shape index (κ1) is 10.6. The molecule has 1 aliphatic heterocycles. The van der Waals surface area contributed by atoms with Crippen LogP contribution in [-0.4, -0.2) is 35.2 Å². The highest BCUT2D eigenvalue weighted by Gasteiger charge is 2.29. The Morgan fingerprint density at radius 3 is 2.38 bits per heavy atom. The maximum absolute atomic E-state index is 9.80. The third-order valence-corrected chi connectivity index (χ3v) is 2.90. The molecule has 0 aromatic heterocycles. The average Bonchev–Trinajstić information content (AvgIpc) is 2.04. The van der Waals surface area contributed by atoms with Gasteiger partial charge in [-0.25, -0.2) is 0 Å². The minimum Gasteiger partial charge on any atom is -0.390 e. The van der Waals surface area contributed by atoms with Crippen LogP contribution in [0.15, 0.2) is 0 Å². The number of hydrogen-bond donors (Lipinski definition) is 1. The number of terminal acetylenes is 1. The van der Waals surface area contributed by atoms with Crippen LogP contribution in [0.5, 0.6) is 0 Å². The highest BCUT2D eigenvalue weighted by molar-refractivity contribution is 4.91. The van der Waals surface area contributed by atoms with E-state index in [9.17, 15) is 5.11 Å². The topological polar surface area (TPSA) is 23.5 Å². The highest BCUT2D eigenvalue weighted by atomic mass is 16.3. The first-order valence-electron chi connectivity index (χ1n) is 4.92. The molecule has 1 saturated heterocycles. The molecule has 1 aliphatic rings. The minimum absolute atomic E-state index is 0.432. The third kappa shape index (κ3) is 3.02. The summed E-state index contributed by atoms with van der Waals surface area (Å²) in [7, 11) is 0. The highest BCUT2D eigenvalue weighted by Crippen LogP contribution is 2.27. The van der Waals surface area contributed by atoms with E-state index in [1.165, 1.54) is 0 Å². The van der Waals surface area contributed by atoms with Crippen molar-refractivity contribution >= 4 is 0 Å². The van der Waals surface area contributed by atoms with Crippen molar-refractivity contribution in [2.75, 3.05) is 19.6 Å². The van der Waals surface area contributed by atoms with Gasteiger partial charge in [-0.3, -0.25) is 4.90 Å². The summed E-state index contributed by atoms with van der Waals surface area (Å²) < 4.78 is 0. The Hall–Kier alpha value is -0.520. The molecule has 0 radical (unpaired) electrons. The van der Waals surface area contributed by atoms with E-state index in [4.69, 9.17) is 6.42 Å². The number of aliphatic hydroxyl groups is 1. The molecule has 1 heterocycles. The van der Waals surface area contributed by atoms with E-state index >= 15 is 0 Å². The zero-order valence-electron chi connectivity index (χ0n) is 8.58. The molecule has 0 bridgehead atoms. The number of rotatable bonds is 2. The molecule has 1 N–H and O–H groups in total. The molecule has 2 nitrogen and oxygen atoms in total. The quantitative estimate of drug-likeness (QED) is 0.645. The molecule has 0 saturated carbocycles. The number of likely N-dealkylation sites (tertiary alicyclic amines) is 1. The summed E-state index contributed by atoms with van der Waals surface area (Å²) in [5, 5.41) is 9.80. The van der Waals surface area contributed by atoms with Crippen LogP contribution in [0.25, 0.3) is 0 Å². The summed E-state index contributed by atoms with van der Waals surface area (Å²) in [6.07, 6.45) is 7.36. The zero-order valence-corrected chi connectivity index (χ0v) is 8.58. The third-order valence-electron chi connectivity index (χ3n) is 2.90. The summed E-state index contributed by atoms with van der Waals surface area (Å²) in [5.74, 6) is 3.09. The largest absolute Gasteiger partial charge is 0.390 e. The molecule has 0 atom stereocenters. The smallest absolute Gasteiger partial charge is 0.0620 e. The van der Waals surface area contributed by atoms with Crippen LogP contribution in [-0.2, 0) is 0 Å². The zero-order chi connectivity index (χ0) is 9.90. The van der Waals surface area contributed by atoms with Gasteiger partial charge in [-0.2, -0.15) is 0 Å². The van der Waals surface area contributed by atoms with E-state index in [0.717, 1.165) is 32.5 Å². The number of piperidine rings is 1. The molecule has 2 heteroatoms. The van der Waals surface area contributed by atoms with Gasteiger partial charge in [-0.1, -0.05) is 5.92 Å². The van der Waals surface area contributed by atoms with Gasteiger partial charge in [0.1, 0.15) is 0 Å². The molecular weight excluding hydrogens is 162 g/mol. The van der Waals surface area contributed by atoms with E-state index in [0.29, 0.717) is 5.92 Å². The maximum atomic E-state index is 9.80. The Morgan fingerprint density at radius 2 is 2.00 bits per heavy atom. The lowest BCUT2D eigenvalue weighted by Gasteiger charge is -2.37. The summed E-state index contributed by atoms with van der Waals surface area (Å²) >= 11 is 0. The molecule has 0 aromatic rings. The Balaban J connectivity index is 2.36. The van der Waals surface area contributed by atoms with Crippen LogP contribution in [0.3, 0.4) is 0 Å². The summed E-state index contributed by atoms with van der Waals surface area (Å²) in [6.45, 7) is 6.60. The van der Waals surface area contributed by atoms with Gasteiger partial charge >= 0.3 is 0 Å². The lowest BCUT2D eigenvalue weighted by Crippen LogP contribution is -2.41. The predicted octanol–water partition coefficient (Wildman–Crippen LogP) is 1.10. The molecular formula is C11H19NO. The van der Waals surface area contributed by atoms with Crippen LogP contribution in [0.1, 0.15) is 26.7 Å². The first-order chi connectivity index (χ1) is 6.04. The van der Waals surface area contributed by atoms with E-state index in [1.807, 2.05) is 13.8 Å². The predicted molar refractivity (Wildman–Crippen MR) is 54.3 cm³/mol. The molecule has 0 spiro atoms. The number of nitrogens with zero attached hydrogens (tertiary/aromatic N) is 1. The summed E-state index contributed by atoms with van der Waals surface area (Å²) in [6, 6.07) is 0. The molecule has 0 aliphatic carbocycles. The second-order valence-corrected chi connectivity index (χ2v) is 4.41. The second kappa shape index (κ2) is 4.13. The van der Waals surface area contributed by atoms with Crippen molar-refractivity contribution in [2.45, 2.75) is 32.3 Å². The maximum Gasteiger partial charge on any atom is 0.0620 e. The van der Waals surface area contributed by atoms with Gasteiger partial charge in [-0.05, 0) is 45.7 Å². The normalized spacial score (nSPS) is 21.4. The van der Waals surface area contributed by atoms with E-state index in [1.54, 1.807) is 0 Å². The van der Waals surface area contributed by atoms with E-state index in [-0.39, 0.29) is 0 Å². The van der Waals surface area contributed by atoms with Crippen molar-refractivity contribution in [1.82, 2.24) is 4.90 Å². The SMILES string of the molecule is C#CCN1CCC(C(C)(C)O)CC1. The van der Waals surface area contributed by atoms with Gasteiger partial charge in [0, 0.05) is 0 Å². The van der Waals surface area contributed by atoms with Crippen LogP contribution in [0, 0.1) is 18.3 Å². The molecule has 1 rings (SSSR count). The molecule has 1 fully saturated rings. The average molecular weight is 181 g/mol. The van der Waals surface area contributed by atoms with Crippen LogP contribution in [0.4, 0.5) is 0 Å².